The van der Waals surface area contributed by atoms with Crippen molar-refractivity contribution in [3.8, 4) is 0 Å². The largest absolute Gasteiger partial charge is 0.288 e. The molecular formula is C20H22FN3O. The van der Waals surface area contributed by atoms with E-state index in [2.05, 4.69) is 15.4 Å². The summed E-state index contributed by atoms with van der Waals surface area (Å²) in [6.45, 7) is 1.82. The lowest BCUT2D eigenvalue weighted by Gasteiger charge is -2.33. The van der Waals surface area contributed by atoms with Crippen molar-refractivity contribution in [2.45, 2.75) is 25.3 Å². The second kappa shape index (κ2) is 8.53. The Labute approximate surface area is 147 Å². The van der Waals surface area contributed by atoms with Gasteiger partial charge < -0.3 is 0 Å². The highest BCUT2D eigenvalue weighted by molar-refractivity contribution is 5.85. The van der Waals surface area contributed by atoms with Gasteiger partial charge in [0.15, 0.2) is 0 Å². The third-order valence-corrected chi connectivity index (χ3v) is 4.38. The molecular weight excluding hydrogens is 317 g/mol. The van der Waals surface area contributed by atoms with Gasteiger partial charge in [-0.3, -0.25) is 9.69 Å². The molecule has 4 nitrogen and oxygen atoms in total. The topological polar surface area (TPSA) is 44.7 Å². The third-order valence-electron chi connectivity index (χ3n) is 4.38. The SMILES string of the molecule is O=C(N/N=C\c1ccc(F)cc1)[C@H](c1ccccc1)N1CCCCC1. The first kappa shape index (κ1) is 17.3. The number of hydrogen-bond acceptors (Lipinski definition) is 3. The van der Waals surface area contributed by atoms with Crippen molar-refractivity contribution in [3.63, 3.8) is 0 Å². The number of nitrogens with zero attached hydrogens (tertiary/aromatic N) is 2. The van der Waals surface area contributed by atoms with Gasteiger partial charge in [-0.2, -0.15) is 5.10 Å². The van der Waals surface area contributed by atoms with E-state index in [4.69, 9.17) is 0 Å². The van der Waals surface area contributed by atoms with E-state index in [9.17, 15) is 9.18 Å². The van der Waals surface area contributed by atoms with E-state index in [1.807, 2.05) is 30.3 Å². The standard InChI is InChI=1S/C20H22FN3O/c21-18-11-9-16(10-12-18)15-22-23-20(25)19(17-7-3-1-4-8-17)24-13-5-2-6-14-24/h1,3-4,7-12,15,19H,2,5-6,13-14H2,(H,23,25)/b22-15-/t19-/m0/s1. The van der Waals surface area contributed by atoms with Crippen LogP contribution in [0, 0.1) is 5.82 Å². The Morgan fingerprint density at radius 1 is 1.04 bits per heavy atom. The first-order chi connectivity index (χ1) is 12.2. The van der Waals surface area contributed by atoms with E-state index in [0.29, 0.717) is 0 Å². The molecule has 0 saturated carbocycles. The Morgan fingerprint density at radius 3 is 2.40 bits per heavy atom. The number of halogens is 1. The van der Waals surface area contributed by atoms with Crippen LogP contribution in [0.1, 0.15) is 36.4 Å². The van der Waals surface area contributed by atoms with Gasteiger partial charge in [-0.15, -0.1) is 0 Å². The van der Waals surface area contributed by atoms with E-state index < -0.39 is 0 Å². The van der Waals surface area contributed by atoms with Gasteiger partial charge in [-0.25, -0.2) is 9.82 Å². The number of likely N-dealkylation sites (tertiary alicyclic amines) is 1. The van der Waals surface area contributed by atoms with Gasteiger partial charge in [0.2, 0.25) is 0 Å². The molecule has 1 aliphatic rings. The maximum atomic E-state index is 12.9. The normalized spacial score (nSPS) is 16.7. The van der Waals surface area contributed by atoms with Crippen LogP contribution in [-0.2, 0) is 4.79 Å². The first-order valence-electron chi connectivity index (χ1n) is 8.61. The van der Waals surface area contributed by atoms with Gasteiger partial charge >= 0.3 is 0 Å². The number of carbonyl (C=O) groups excluding carboxylic acids is 1. The summed E-state index contributed by atoms with van der Waals surface area (Å²) in [6.07, 6.45) is 4.95. The summed E-state index contributed by atoms with van der Waals surface area (Å²) >= 11 is 0. The number of hydrogen-bond donors (Lipinski definition) is 1. The van der Waals surface area contributed by atoms with Crippen molar-refractivity contribution in [2.75, 3.05) is 13.1 Å². The average Bonchev–Trinajstić information content (AvgIpc) is 2.65. The van der Waals surface area contributed by atoms with E-state index in [0.717, 1.165) is 37.1 Å². The Morgan fingerprint density at radius 2 is 1.72 bits per heavy atom. The molecule has 1 fully saturated rings. The molecule has 0 unspecified atom stereocenters. The Balaban J connectivity index is 1.71. The lowest BCUT2D eigenvalue weighted by Crippen LogP contribution is -2.41. The minimum atomic E-state index is -0.341. The highest BCUT2D eigenvalue weighted by atomic mass is 19.1. The number of amides is 1. The zero-order valence-electron chi connectivity index (χ0n) is 14.1. The second-order valence-electron chi connectivity index (χ2n) is 6.20. The summed E-state index contributed by atoms with van der Waals surface area (Å²) in [4.78, 5) is 15.0. The van der Waals surface area contributed by atoms with Crippen LogP contribution in [0.4, 0.5) is 4.39 Å². The fourth-order valence-electron chi connectivity index (χ4n) is 3.12. The van der Waals surface area contributed by atoms with Crippen molar-refractivity contribution in [1.82, 2.24) is 10.3 Å². The van der Waals surface area contributed by atoms with Crippen molar-refractivity contribution < 1.29 is 9.18 Å². The molecule has 3 rings (SSSR count). The molecule has 0 aliphatic carbocycles. The van der Waals surface area contributed by atoms with Crippen LogP contribution >= 0.6 is 0 Å². The molecule has 1 N–H and O–H groups in total. The van der Waals surface area contributed by atoms with Crippen LogP contribution < -0.4 is 5.43 Å². The summed E-state index contributed by atoms with van der Waals surface area (Å²) in [7, 11) is 0. The first-order valence-corrected chi connectivity index (χ1v) is 8.61. The quantitative estimate of drug-likeness (QED) is 0.669. The lowest BCUT2D eigenvalue weighted by molar-refractivity contribution is -0.127. The van der Waals surface area contributed by atoms with Crippen LogP contribution in [-0.4, -0.2) is 30.1 Å². The van der Waals surface area contributed by atoms with Gasteiger partial charge in [0, 0.05) is 0 Å². The maximum absolute atomic E-state index is 12.9. The van der Waals surface area contributed by atoms with Crippen LogP contribution in [0.3, 0.4) is 0 Å². The van der Waals surface area contributed by atoms with E-state index in [1.165, 1.54) is 24.8 Å². The number of rotatable bonds is 5. The van der Waals surface area contributed by atoms with Crippen molar-refractivity contribution in [1.29, 1.82) is 0 Å². The van der Waals surface area contributed by atoms with Gasteiger partial charge in [0.05, 0.1) is 6.21 Å². The van der Waals surface area contributed by atoms with E-state index in [1.54, 1.807) is 12.1 Å². The predicted octanol–water partition coefficient (Wildman–Crippen LogP) is 3.50. The molecule has 0 aromatic heterocycles. The van der Waals surface area contributed by atoms with Crippen molar-refractivity contribution >= 4 is 12.1 Å². The average molecular weight is 339 g/mol. The fourth-order valence-corrected chi connectivity index (χ4v) is 3.12. The van der Waals surface area contributed by atoms with Crippen LogP contribution in [0.2, 0.25) is 0 Å². The zero-order valence-corrected chi connectivity index (χ0v) is 14.1. The summed E-state index contributed by atoms with van der Waals surface area (Å²) in [6, 6.07) is 15.4. The molecule has 2 aromatic carbocycles. The number of carbonyl (C=O) groups is 1. The molecule has 0 spiro atoms. The zero-order chi connectivity index (χ0) is 17.5. The lowest BCUT2D eigenvalue weighted by atomic mass is 10.0. The third kappa shape index (κ3) is 4.73. The molecule has 1 aliphatic heterocycles. The van der Waals surface area contributed by atoms with Gasteiger partial charge in [-0.1, -0.05) is 48.9 Å². The maximum Gasteiger partial charge on any atom is 0.262 e. The second-order valence-corrected chi connectivity index (χ2v) is 6.20. The Bertz CT molecular complexity index is 709. The van der Waals surface area contributed by atoms with Gasteiger partial charge in [0.25, 0.3) is 5.91 Å². The van der Waals surface area contributed by atoms with E-state index >= 15 is 0 Å². The number of benzene rings is 2. The number of nitrogens with one attached hydrogen (secondary N) is 1. The molecule has 5 heteroatoms. The molecule has 1 heterocycles. The smallest absolute Gasteiger partial charge is 0.262 e. The summed E-state index contributed by atoms with van der Waals surface area (Å²) in [5, 5.41) is 4.04. The molecule has 1 saturated heterocycles. The Hall–Kier alpha value is -2.53. The number of piperidine rings is 1. The molecule has 2 aromatic rings. The van der Waals surface area contributed by atoms with Crippen LogP contribution in [0.25, 0.3) is 0 Å². The van der Waals surface area contributed by atoms with Crippen LogP contribution in [0.15, 0.2) is 59.7 Å². The minimum absolute atomic E-state index is 0.147. The summed E-state index contributed by atoms with van der Waals surface area (Å²) in [5.74, 6) is -0.443. The van der Waals surface area contributed by atoms with Gasteiger partial charge in [0.1, 0.15) is 11.9 Å². The minimum Gasteiger partial charge on any atom is -0.288 e. The van der Waals surface area contributed by atoms with Crippen LogP contribution in [0.5, 0.6) is 0 Å². The highest BCUT2D eigenvalue weighted by Crippen LogP contribution is 2.24. The number of hydrazone groups is 1. The molecule has 25 heavy (non-hydrogen) atoms. The van der Waals surface area contributed by atoms with E-state index in [-0.39, 0.29) is 17.8 Å². The monoisotopic (exact) mass is 339 g/mol. The Kier molecular flexibility index (Phi) is 5.90. The highest BCUT2D eigenvalue weighted by Gasteiger charge is 2.28. The summed E-state index contributed by atoms with van der Waals surface area (Å²) < 4.78 is 12.9. The van der Waals surface area contributed by atoms with Gasteiger partial charge in [-0.05, 0) is 49.2 Å². The molecule has 1 amide bonds. The summed E-state index contributed by atoms with van der Waals surface area (Å²) in [5.41, 5.74) is 4.34. The molecule has 1 atom stereocenters. The molecule has 130 valence electrons. The van der Waals surface area contributed by atoms with Crippen molar-refractivity contribution in [2.24, 2.45) is 5.10 Å². The predicted molar refractivity (Wildman–Crippen MR) is 96.7 cm³/mol. The molecule has 0 bridgehead atoms. The fraction of sp³-hybridized carbons (Fsp3) is 0.300. The van der Waals surface area contributed by atoms with Crippen molar-refractivity contribution in [3.05, 3.63) is 71.5 Å². The molecule has 0 radical (unpaired) electrons.